The summed E-state index contributed by atoms with van der Waals surface area (Å²) in [6.45, 7) is 10.2. The molecule has 0 saturated carbocycles. The van der Waals surface area contributed by atoms with Crippen molar-refractivity contribution in [1.82, 2.24) is 9.78 Å². The Labute approximate surface area is 138 Å². The average Bonchev–Trinajstić information content (AvgIpc) is 2.69. The molecule has 2 rings (SSSR count). The van der Waals surface area contributed by atoms with Crippen LogP contribution in [0.3, 0.4) is 0 Å². The second-order valence-corrected chi connectivity index (χ2v) is 7.35. The predicted molar refractivity (Wildman–Crippen MR) is 91.4 cm³/mol. The molecule has 2 aromatic rings. The fourth-order valence-electron chi connectivity index (χ4n) is 2.30. The van der Waals surface area contributed by atoms with Crippen LogP contribution in [0.4, 0.5) is 0 Å². The van der Waals surface area contributed by atoms with E-state index in [4.69, 9.17) is 0 Å². The molecule has 1 heterocycles. The van der Waals surface area contributed by atoms with Crippen molar-refractivity contribution in [3.05, 3.63) is 44.3 Å². The molecule has 0 fully saturated rings. The summed E-state index contributed by atoms with van der Waals surface area (Å²) in [5.74, 6) is -0.992. The van der Waals surface area contributed by atoms with Gasteiger partial charge in [-0.15, -0.1) is 0 Å². The molecule has 1 aromatic heterocycles. The molecule has 0 radical (unpaired) electrons. The zero-order valence-corrected chi connectivity index (χ0v) is 15.0. The number of carboxylic acids is 1. The molecule has 4 nitrogen and oxygen atoms in total. The lowest BCUT2D eigenvalue weighted by Gasteiger charge is -2.22. The van der Waals surface area contributed by atoms with Gasteiger partial charge in [0, 0.05) is 5.41 Å². The minimum atomic E-state index is -0.992. The van der Waals surface area contributed by atoms with Crippen molar-refractivity contribution in [2.45, 2.75) is 40.0 Å². The highest BCUT2D eigenvalue weighted by Gasteiger charge is 2.29. The number of aromatic carboxylic acids is 1. The highest BCUT2D eigenvalue weighted by Crippen LogP contribution is 2.32. The van der Waals surface area contributed by atoms with Gasteiger partial charge in [0.05, 0.1) is 15.0 Å². The van der Waals surface area contributed by atoms with Crippen LogP contribution in [0.2, 0.25) is 0 Å². The normalized spacial score (nSPS) is 11.7. The molecular formula is C16H19IN2O2. The van der Waals surface area contributed by atoms with Crippen LogP contribution in [0.5, 0.6) is 0 Å². The SMILES string of the molecule is Cc1ccc(C)c(-n2nc(C(=O)O)c(I)c2C(C)(C)C)c1. The summed E-state index contributed by atoms with van der Waals surface area (Å²) in [7, 11) is 0. The number of benzene rings is 1. The van der Waals surface area contributed by atoms with Gasteiger partial charge in [-0.3, -0.25) is 0 Å². The average molecular weight is 398 g/mol. The maximum Gasteiger partial charge on any atom is 0.357 e. The summed E-state index contributed by atoms with van der Waals surface area (Å²) in [5, 5.41) is 13.7. The lowest BCUT2D eigenvalue weighted by molar-refractivity contribution is 0.0689. The monoisotopic (exact) mass is 398 g/mol. The van der Waals surface area contributed by atoms with Crippen molar-refractivity contribution < 1.29 is 9.90 Å². The smallest absolute Gasteiger partial charge is 0.357 e. The van der Waals surface area contributed by atoms with E-state index < -0.39 is 5.97 Å². The minimum Gasteiger partial charge on any atom is -0.476 e. The lowest BCUT2D eigenvalue weighted by atomic mass is 9.91. The zero-order chi connectivity index (χ0) is 15.9. The number of carboxylic acid groups (broad SMARTS) is 1. The van der Waals surface area contributed by atoms with E-state index in [1.165, 1.54) is 0 Å². The van der Waals surface area contributed by atoms with Crippen molar-refractivity contribution in [3.63, 3.8) is 0 Å². The van der Waals surface area contributed by atoms with Crippen LogP contribution in [-0.2, 0) is 5.41 Å². The second kappa shape index (κ2) is 5.44. The van der Waals surface area contributed by atoms with Gasteiger partial charge in [0.25, 0.3) is 0 Å². The first-order valence-corrected chi connectivity index (χ1v) is 7.80. The molecule has 21 heavy (non-hydrogen) atoms. The Morgan fingerprint density at radius 1 is 1.29 bits per heavy atom. The lowest BCUT2D eigenvalue weighted by Crippen LogP contribution is -2.19. The number of nitrogens with zero attached hydrogens (tertiary/aromatic N) is 2. The first-order chi connectivity index (χ1) is 9.62. The summed E-state index contributed by atoms with van der Waals surface area (Å²) in [5.41, 5.74) is 3.97. The Hall–Kier alpha value is -1.37. The molecule has 0 aliphatic heterocycles. The minimum absolute atomic E-state index is 0.112. The number of rotatable bonds is 2. The molecule has 0 amide bonds. The van der Waals surface area contributed by atoms with E-state index >= 15 is 0 Å². The van der Waals surface area contributed by atoms with Gasteiger partial charge >= 0.3 is 5.97 Å². The van der Waals surface area contributed by atoms with Crippen LogP contribution in [0.25, 0.3) is 5.69 Å². The molecule has 0 atom stereocenters. The van der Waals surface area contributed by atoms with E-state index in [9.17, 15) is 9.90 Å². The Morgan fingerprint density at radius 2 is 1.90 bits per heavy atom. The van der Waals surface area contributed by atoms with Crippen molar-refractivity contribution in [3.8, 4) is 5.69 Å². The van der Waals surface area contributed by atoms with Gasteiger partial charge in [-0.2, -0.15) is 5.10 Å². The van der Waals surface area contributed by atoms with Crippen LogP contribution >= 0.6 is 22.6 Å². The maximum atomic E-state index is 11.4. The summed E-state index contributed by atoms with van der Waals surface area (Å²) in [6.07, 6.45) is 0. The van der Waals surface area contributed by atoms with Gasteiger partial charge in [-0.05, 0) is 53.6 Å². The second-order valence-electron chi connectivity index (χ2n) is 6.27. The molecule has 112 valence electrons. The molecule has 1 aromatic carbocycles. The van der Waals surface area contributed by atoms with Crippen LogP contribution in [0.1, 0.15) is 48.1 Å². The number of carbonyl (C=O) groups is 1. The summed E-state index contributed by atoms with van der Waals surface area (Å²) in [4.78, 5) is 11.4. The van der Waals surface area contributed by atoms with Crippen molar-refractivity contribution in [2.75, 3.05) is 0 Å². The van der Waals surface area contributed by atoms with E-state index in [1.807, 2.05) is 32.0 Å². The third-order valence-electron chi connectivity index (χ3n) is 3.33. The first-order valence-electron chi connectivity index (χ1n) is 6.73. The Bertz CT molecular complexity index is 712. The number of aryl methyl sites for hydroxylation is 2. The van der Waals surface area contributed by atoms with Crippen molar-refractivity contribution in [2.24, 2.45) is 0 Å². The molecule has 0 unspecified atom stereocenters. The molecule has 0 spiro atoms. The van der Waals surface area contributed by atoms with Gasteiger partial charge < -0.3 is 5.11 Å². The maximum absolute atomic E-state index is 11.4. The fourth-order valence-corrected chi connectivity index (χ4v) is 3.68. The van der Waals surface area contributed by atoms with E-state index in [-0.39, 0.29) is 11.1 Å². The molecule has 0 aliphatic carbocycles. The standard InChI is InChI=1S/C16H19IN2O2/c1-9-6-7-10(2)11(8-9)19-14(16(3,4)5)12(17)13(18-19)15(20)21/h6-8H,1-5H3,(H,20,21). The van der Waals surface area contributed by atoms with Gasteiger partial charge in [0.1, 0.15) is 0 Å². The van der Waals surface area contributed by atoms with Crippen LogP contribution in [-0.4, -0.2) is 20.9 Å². The topological polar surface area (TPSA) is 55.1 Å². The van der Waals surface area contributed by atoms with Crippen molar-refractivity contribution in [1.29, 1.82) is 0 Å². The van der Waals surface area contributed by atoms with Gasteiger partial charge in [0.2, 0.25) is 0 Å². The Balaban J connectivity index is 2.82. The third kappa shape index (κ3) is 2.97. The van der Waals surface area contributed by atoms with Crippen LogP contribution < -0.4 is 0 Å². The van der Waals surface area contributed by atoms with Gasteiger partial charge in [-0.25, -0.2) is 9.48 Å². The van der Waals surface area contributed by atoms with E-state index in [2.05, 4.69) is 48.5 Å². The molecule has 0 bridgehead atoms. The molecular weight excluding hydrogens is 379 g/mol. The highest BCUT2D eigenvalue weighted by atomic mass is 127. The molecule has 1 N–H and O–H groups in total. The van der Waals surface area contributed by atoms with Gasteiger partial charge in [0.15, 0.2) is 5.69 Å². The number of hydrogen-bond acceptors (Lipinski definition) is 2. The highest BCUT2D eigenvalue weighted by molar-refractivity contribution is 14.1. The molecule has 0 aliphatic rings. The number of hydrogen-bond donors (Lipinski definition) is 1. The number of halogens is 1. The van der Waals surface area contributed by atoms with Crippen molar-refractivity contribution >= 4 is 28.6 Å². The fraction of sp³-hybridized carbons (Fsp3) is 0.375. The molecule has 0 saturated heterocycles. The quantitative estimate of drug-likeness (QED) is 0.776. The largest absolute Gasteiger partial charge is 0.476 e. The first kappa shape index (κ1) is 16.0. The summed E-state index contributed by atoms with van der Waals surface area (Å²) >= 11 is 2.09. The van der Waals surface area contributed by atoms with E-state index in [0.717, 1.165) is 22.5 Å². The summed E-state index contributed by atoms with van der Waals surface area (Å²) < 4.78 is 2.49. The van der Waals surface area contributed by atoms with Gasteiger partial charge in [-0.1, -0.05) is 32.9 Å². The van der Waals surface area contributed by atoms with E-state index in [0.29, 0.717) is 3.57 Å². The third-order valence-corrected chi connectivity index (χ3v) is 4.36. The zero-order valence-electron chi connectivity index (χ0n) is 12.9. The summed E-state index contributed by atoms with van der Waals surface area (Å²) in [6, 6.07) is 6.12. The Morgan fingerprint density at radius 3 is 2.43 bits per heavy atom. The molecule has 5 heteroatoms. The predicted octanol–water partition coefficient (Wildman–Crippen LogP) is 4.09. The Kier molecular flexibility index (Phi) is 4.15. The van der Waals surface area contributed by atoms with E-state index in [1.54, 1.807) is 4.68 Å². The van der Waals surface area contributed by atoms with Crippen LogP contribution in [0, 0.1) is 17.4 Å². The van der Waals surface area contributed by atoms with Crippen LogP contribution in [0.15, 0.2) is 18.2 Å². The number of aromatic nitrogens is 2.